The molecule has 0 radical (unpaired) electrons. The van der Waals surface area contributed by atoms with Crippen molar-refractivity contribution in [2.45, 2.75) is 31.8 Å². The molecule has 0 bridgehead atoms. The molecule has 0 aliphatic carbocycles. The lowest BCUT2D eigenvalue weighted by molar-refractivity contribution is -0.123. The van der Waals surface area contributed by atoms with Gasteiger partial charge in [0.25, 0.3) is 11.8 Å². The van der Waals surface area contributed by atoms with Crippen molar-refractivity contribution in [1.82, 2.24) is 5.01 Å². The van der Waals surface area contributed by atoms with Crippen molar-refractivity contribution >= 4 is 45.0 Å². The summed E-state index contributed by atoms with van der Waals surface area (Å²) in [6, 6.07) is 12.6. The molecule has 2 atom stereocenters. The molecule has 0 aromatic heterocycles. The van der Waals surface area contributed by atoms with Gasteiger partial charge in [-0.1, -0.05) is 47.1 Å². The van der Waals surface area contributed by atoms with Gasteiger partial charge in [0.2, 0.25) is 5.91 Å². The van der Waals surface area contributed by atoms with Crippen molar-refractivity contribution in [2.75, 3.05) is 16.8 Å². The Hall–Kier alpha value is -3.07. The lowest BCUT2D eigenvalue weighted by atomic mass is 10.0. The van der Waals surface area contributed by atoms with Crippen LogP contribution in [0.15, 0.2) is 63.3 Å². The fraction of sp³-hybridized carbons (Fsp3) is 0.286. The Morgan fingerprint density at radius 1 is 1.07 bits per heavy atom. The number of fused-ring (bicyclic) bond motifs is 1. The van der Waals surface area contributed by atoms with E-state index in [1.165, 1.54) is 5.01 Å². The van der Waals surface area contributed by atoms with Crippen LogP contribution in [0.3, 0.4) is 0 Å². The number of rotatable bonds is 5. The Labute approximate surface area is 182 Å². The van der Waals surface area contributed by atoms with E-state index in [4.69, 9.17) is 0 Å². The summed E-state index contributed by atoms with van der Waals surface area (Å²) >= 11 is 3.34. The van der Waals surface area contributed by atoms with Crippen LogP contribution in [0, 0.1) is 0 Å². The summed E-state index contributed by atoms with van der Waals surface area (Å²) in [5, 5.41) is 11.9. The van der Waals surface area contributed by atoms with E-state index in [2.05, 4.69) is 45.4 Å². The Morgan fingerprint density at radius 3 is 2.37 bits per heavy atom. The number of benzene rings is 2. The van der Waals surface area contributed by atoms with Gasteiger partial charge >= 0.3 is 0 Å². The number of imide groups is 1. The highest BCUT2D eigenvalue weighted by Crippen LogP contribution is 2.32. The summed E-state index contributed by atoms with van der Waals surface area (Å²) in [4.78, 5) is 39.3. The quantitative estimate of drug-likeness (QED) is 0.677. The second-order valence-electron chi connectivity index (χ2n) is 7.51. The predicted octanol–water partition coefficient (Wildman–Crippen LogP) is 3.50. The number of nitrogens with zero attached hydrogens (tertiary/aromatic N) is 4. The lowest BCUT2D eigenvalue weighted by Gasteiger charge is -2.20. The fourth-order valence-electron chi connectivity index (χ4n) is 3.50. The first-order valence-electron chi connectivity index (χ1n) is 9.56. The highest BCUT2D eigenvalue weighted by molar-refractivity contribution is 9.10. The van der Waals surface area contributed by atoms with Gasteiger partial charge in [-0.3, -0.25) is 19.4 Å². The molecule has 8 nitrogen and oxygen atoms in total. The van der Waals surface area contributed by atoms with Crippen LogP contribution in [-0.2, 0) is 14.4 Å². The molecule has 0 unspecified atom stereocenters. The zero-order chi connectivity index (χ0) is 21.4. The highest BCUT2D eigenvalue weighted by Gasteiger charge is 2.55. The summed E-state index contributed by atoms with van der Waals surface area (Å²) in [5.41, 5.74) is 2.24. The van der Waals surface area contributed by atoms with Gasteiger partial charge < -0.3 is 5.32 Å². The largest absolute Gasteiger partial charge is 0.324 e. The van der Waals surface area contributed by atoms with Gasteiger partial charge in [-0.05, 0) is 47.9 Å². The first-order chi connectivity index (χ1) is 14.3. The molecule has 3 amide bonds. The molecule has 4 rings (SSSR count). The van der Waals surface area contributed by atoms with Crippen molar-refractivity contribution in [3.63, 3.8) is 0 Å². The van der Waals surface area contributed by atoms with Gasteiger partial charge in [-0.25, -0.2) is 4.90 Å². The second kappa shape index (κ2) is 7.98. The molecular formula is C21H20BrN5O3. The van der Waals surface area contributed by atoms with E-state index in [-0.39, 0.29) is 12.5 Å². The molecule has 0 spiro atoms. The molecule has 9 heteroatoms. The zero-order valence-electron chi connectivity index (χ0n) is 16.4. The summed E-state index contributed by atoms with van der Waals surface area (Å²) in [6.07, 6.45) is 0. The number of carbonyl (C=O) groups is 3. The maximum Gasteiger partial charge on any atom is 0.263 e. The van der Waals surface area contributed by atoms with Gasteiger partial charge in [-0.15, -0.1) is 0 Å². The smallest absolute Gasteiger partial charge is 0.263 e. The molecule has 2 aliphatic heterocycles. The molecule has 2 heterocycles. The molecule has 30 heavy (non-hydrogen) atoms. The van der Waals surface area contributed by atoms with Crippen molar-refractivity contribution in [1.29, 1.82) is 0 Å². The Morgan fingerprint density at radius 2 is 1.73 bits per heavy atom. The Balaban J connectivity index is 1.47. The molecule has 1 N–H and O–H groups in total. The maximum atomic E-state index is 13.0. The first-order valence-corrected chi connectivity index (χ1v) is 10.3. The molecule has 2 aromatic carbocycles. The van der Waals surface area contributed by atoms with Crippen LogP contribution in [-0.4, -0.2) is 41.4 Å². The number of hydrogen-bond acceptors (Lipinski definition) is 6. The minimum atomic E-state index is -0.928. The normalized spacial score (nSPS) is 20.3. The SMILES string of the molecule is CC(C)c1ccc(N2C(=O)[C@H]3N=NN(CC(=O)Nc4ccc(Br)cc4)[C@H]3C2=O)cc1. The number of nitrogens with one attached hydrogen (secondary N) is 1. The van der Waals surface area contributed by atoms with Gasteiger partial charge in [0, 0.05) is 10.2 Å². The van der Waals surface area contributed by atoms with Gasteiger partial charge in [0.05, 0.1) is 5.69 Å². The van der Waals surface area contributed by atoms with Crippen molar-refractivity contribution < 1.29 is 14.4 Å². The first kappa shape index (κ1) is 20.2. The summed E-state index contributed by atoms with van der Waals surface area (Å²) in [7, 11) is 0. The molecule has 1 fully saturated rings. The van der Waals surface area contributed by atoms with E-state index >= 15 is 0 Å². The topological polar surface area (TPSA) is 94.4 Å². The number of carbonyl (C=O) groups excluding carboxylic acids is 3. The number of halogens is 1. The van der Waals surface area contributed by atoms with Crippen LogP contribution in [0.2, 0.25) is 0 Å². The van der Waals surface area contributed by atoms with Gasteiger partial charge in [0.1, 0.15) is 6.54 Å². The summed E-state index contributed by atoms with van der Waals surface area (Å²) < 4.78 is 0.897. The minimum Gasteiger partial charge on any atom is -0.324 e. The molecule has 2 aliphatic rings. The van der Waals surface area contributed by atoms with Crippen LogP contribution in [0.1, 0.15) is 25.3 Å². The van der Waals surface area contributed by atoms with Crippen LogP contribution < -0.4 is 10.2 Å². The Kier molecular flexibility index (Phi) is 5.38. The number of amides is 3. The van der Waals surface area contributed by atoms with E-state index < -0.39 is 23.9 Å². The van der Waals surface area contributed by atoms with Crippen molar-refractivity contribution in [3.05, 3.63) is 58.6 Å². The van der Waals surface area contributed by atoms with E-state index in [0.717, 1.165) is 14.9 Å². The van der Waals surface area contributed by atoms with Crippen LogP contribution in [0.5, 0.6) is 0 Å². The summed E-state index contributed by atoms with van der Waals surface area (Å²) in [6.45, 7) is 3.96. The maximum absolute atomic E-state index is 13.0. The van der Waals surface area contributed by atoms with Crippen molar-refractivity contribution in [3.8, 4) is 0 Å². The number of anilines is 2. The average molecular weight is 470 g/mol. The number of hydrogen-bond donors (Lipinski definition) is 1. The van der Waals surface area contributed by atoms with Crippen LogP contribution >= 0.6 is 15.9 Å². The standard InChI is InChI=1S/C21H20BrN5O3/c1-12(2)13-3-9-16(10-4-13)27-20(29)18-19(21(27)30)26(25-24-18)11-17(28)23-15-7-5-14(22)6-8-15/h3-10,12,18-19H,11H2,1-2H3,(H,23,28)/t18-,19+/m0/s1. The summed E-state index contributed by atoms with van der Waals surface area (Å²) in [5.74, 6) is -0.862. The van der Waals surface area contributed by atoms with E-state index in [0.29, 0.717) is 17.3 Å². The van der Waals surface area contributed by atoms with Gasteiger partial charge in [-0.2, -0.15) is 5.11 Å². The van der Waals surface area contributed by atoms with Crippen LogP contribution in [0.25, 0.3) is 0 Å². The third-order valence-electron chi connectivity index (χ3n) is 5.11. The zero-order valence-corrected chi connectivity index (χ0v) is 18.0. The molecule has 2 aromatic rings. The third kappa shape index (κ3) is 3.72. The minimum absolute atomic E-state index is 0.181. The second-order valence-corrected chi connectivity index (χ2v) is 8.42. The highest BCUT2D eigenvalue weighted by atomic mass is 79.9. The monoisotopic (exact) mass is 469 g/mol. The molecule has 154 valence electrons. The average Bonchev–Trinajstić information content (AvgIpc) is 3.23. The van der Waals surface area contributed by atoms with Crippen molar-refractivity contribution in [2.24, 2.45) is 10.3 Å². The van der Waals surface area contributed by atoms with E-state index in [1.54, 1.807) is 24.3 Å². The molecular weight excluding hydrogens is 450 g/mol. The Bertz CT molecular complexity index is 1020. The van der Waals surface area contributed by atoms with Gasteiger partial charge in [0.15, 0.2) is 12.1 Å². The van der Waals surface area contributed by atoms with Crippen LogP contribution in [0.4, 0.5) is 11.4 Å². The molecule has 1 saturated heterocycles. The fourth-order valence-corrected chi connectivity index (χ4v) is 3.76. The molecule has 0 saturated carbocycles. The predicted molar refractivity (Wildman–Crippen MR) is 115 cm³/mol. The lowest BCUT2D eigenvalue weighted by Crippen LogP contribution is -2.43. The third-order valence-corrected chi connectivity index (χ3v) is 5.64. The van der Waals surface area contributed by atoms with E-state index in [1.807, 2.05) is 24.3 Å². The van der Waals surface area contributed by atoms with E-state index in [9.17, 15) is 14.4 Å².